The van der Waals surface area contributed by atoms with Crippen LogP contribution in [0.25, 0.3) is 27.8 Å². The van der Waals surface area contributed by atoms with Gasteiger partial charge >= 0.3 is 5.69 Å². The zero-order chi connectivity index (χ0) is 22.4. The standard InChI is InChI=1S/C24H30N6O2/c1-5-28-8-6-7-17(13-28)30-21-11-18(15(2)3)19(10-20(21)27-24(30)31)16-9-22(32-4)23-25-14-26-29(23)12-16/h9-12,14-15,17H,5-8,13H2,1-4H3,(H,27,31)/t17-/m1/s1. The van der Waals surface area contributed by atoms with Gasteiger partial charge in [-0.15, -0.1) is 0 Å². The molecule has 8 nitrogen and oxygen atoms in total. The fraction of sp³-hybridized carbons (Fsp3) is 0.458. The van der Waals surface area contributed by atoms with Crippen molar-refractivity contribution >= 4 is 16.7 Å². The summed E-state index contributed by atoms with van der Waals surface area (Å²) >= 11 is 0. The number of imidazole rings is 1. The first-order valence-corrected chi connectivity index (χ1v) is 11.4. The van der Waals surface area contributed by atoms with Crippen LogP contribution >= 0.6 is 0 Å². The van der Waals surface area contributed by atoms with Crippen LogP contribution in [0.1, 0.15) is 51.1 Å². The van der Waals surface area contributed by atoms with E-state index in [2.05, 4.69) is 52.9 Å². The number of H-pyrrole nitrogens is 1. The summed E-state index contributed by atoms with van der Waals surface area (Å²) in [4.78, 5) is 22.9. The number of hydrogen-bond donors (Lipinski definition) is 1. The molecule has 0 spiro atoms. The van der Waals surface area contributed by atoms with E-state index >= 15 is 0 Å². The minimum atomic E-state index is -0.0286. The average Bonchev–Trinajstić information content (AvgIpc) is 3.40. The Kier molecular flexibility index (Phi) is 5.25. The fourth-order valence-electron chi connectivity index (χ4n) is 5.00. The van der Waals surface area contributed by atoms with E-state index in [9.17, 15) is 4.79 Å². The van der Waals surface area contributed by atoms with Gasteiger partial charge in [0.15, 0.2) is 11.4 Å². The number of likely N-dealkylation sites (N-methyl/N-ethyl adjacent to an activating group) is 1. The number of nitrogens with zero attached hydrogens (tertiary/aromatic N) is 5. The Labute approximate surface area is 186 Å². The molecule has 5 rings (SSSR count). The number of methoxy groups -OCH3 is 1. The summed E-state index contributed by atoms with van der Waals surface area (Å²) in [6, 6.07) is 6.48. The van der Waals surface area contributed by atoms with E-state index in [-0.39, 0.29) is 17.6 Å². The summed E-state index contributed by atoms with van der Waals surface area (Å²) in [5.41, 5.74) is 5.74. The van der Waals surface area contributed by atoms with Gasteiger partial charge in [-0.05, 0) is 61.2 Å². The van der Waals surface area contributed by atoms with Crippen molar-refractivity contribution in [1.82, 2.24) is 29.0 Å². The van der Waals surface area contributed by atoms with Crippen LogP contribution in [0.4, 0.5) is 0 Å². The molecule has 1 atom stereocenters. The first-order chi connectivity index (χ1) is 15.5. The third-order valence-corrected chi connectivity index (χ3v) is 6.68. The number of hydrogen-bond acceptors (Lipinski definition) is 5. The van der Waals surface area contributed by atoms with Gasteiger partial charge in [-0.1, -0.05) is 20.8 Å². The molecule has 0 bridgehead atoms. The van der Waals surface area contributed by atoms with Gasteiger partial charge in [0.2, 0.25) is 0 Å². The molecule has 1 N–H and O–H groups in total. The summed E-state index contributed by atoms with van der Waals surface area (Å²) in [5, 5.41) is 4.30. The number of rotatable bonds is 5. The summed E-state index contributed by atoms with van der Waals surface area (Å²) in [5.74, 6) is 0.950. The maximum absolute atomic E-state index is 13.0. The second kappa shape index (κ2) is 8.09. The van der Waals surface area contributed by atoms with Gasteiger partial charge in [0, 0.05) is 18.3 Å². The maximum atomic E-state index is 13.0. The summed E-state index contributed by atoms with van der Waals surface area (Å²) in [6.45, 7) is 9.60. The van der Waals surface area contributed by atoms with Crippen LogP contribution in [0.2, 0.25) is 0 Å². The van der Waals surface area contributed by atoms with Crippen molar-refractivity contribution < 1.29 is 4.74 Å². The van der Waals surface area contributed by atoms with Crippen LogP contribution in [-0.4, -0.2) is 55.8 Å². The maximum Gasteiger partial charge on any atom is 0.326 e. The van der Waals surface area contributed by atoms with E-state index in [4.69, 9.17) is 4.74 Å². The largest absolute Gasteiger partial charge is 0.493 e. The highest BCUT2D eigenvalue weighted by Crippen LogP contribution is 2.36. The first kappa shape index (κ1) is 20.8. The zero-order valence-electron chi connectivity index (χ0n) is 19.1. The topological polar surface area (TPSA) is 80.5 Å². The number of pyridine rings is 1. The molecule has 4 aromatic rings. The molecule has 0 unspecified atom stereocenters. The molecular weight excluding hydrogens is 404 g/mol. The van der Waals surface area contributed by atoms with E-state index in [0.717, 1.165) is 54.6 Å². The molecule has 1 fully saturated rings. The van der Waals surface area contributed by atoms with Crippen LogP contribution < -0.4 is 10.4 Å². The van der Waals surface area contributed by atoms with Crippen molar-refractivity contribution in [1.29, 1.82) is 0 Å². The molecule has 32 heavy (non-hydrogen) atoms. The Morgan fingerprint density at radius 2 is 2.12 bits per heavy atom. The lowest BCUT2D eigenvalue weighted by atomic mass is 9.92. The molecule has 0 amide bonds. The summed E-state index contributed by atoms with van der Waals surface area (Å²) < 4.78 is 9.28. The van der Waals surface area contributed by atoms with Crippen LogP contribution in [0, 0.1) is 0 Å². The van der Waals surface area contributed by atoms with Gasteiger partial charge in [-0.2, -0.15) is 5.10 Å². The quantitative estimate of drug-likeness (QED) is 0.516. The smallest absolute Gasteiger partial charge is 0.326 e. The Balaban J connectivity index is 1.69. The summed E-state index contributed by atoms with van der Waals surface area (Å²) in [6.07, 6.45) is 5.63. The van der Waals surface area contributed by atoms with Crippen LogP contribution in [0.15, 0.2) is 35.5 Å². The Morgan fingerprint density at radius 1 is 1.28 bits per heavy atom. The number of likely N-dealkylation sites (tertiary alicyclic amines) is 1. The SMILES string of the molecule is CCN1CCC[C@@H](n2c(=O)[nH]c3cc(-c4cc(OC)c5ncnn5c4)c(C(C)C)cc32)C1. The molecule has 0 saturated carbocycles. The number of aromatic amines is 1. The normalized spacial score (nSPS) is 17.6. The molecule has 1 aliphatic rings. The fourth-order valence-corrected chi connectivity index (χ4v) is 5.00. The van der Waals surface area contributed by atoms with E-state index in [0.29, 0.717) is 11.4 Å². The minimum Gasteiger partial charge on any atom is -0.493 e. The molecule has 1 saturated heterocycles. The van der Waals surface area contributed by atoms with Crippen LogP contribution in [0.5, 0.6) is 5.75 Å². The van der Waals surface area contributed by atoms with Gasteiger partial charge in [0.25, 0.3) is 0 Å². The van der Waals surface area contributed by atoms with Gasteiger partial charge < -0.3 is 14.6 Å². The first-order valence-electron chi connectivity index (χ1n) is 11.4. The summed E-state index contributed by atoms with van der Waals surface area (Å²) in [7, 11) is 1.64. The number of benzene rings is 1. The molecule has 1 aromatic carbocycles. The van der Waals surface area contributed by atoms with Crippen molar-refractivity contribution in [3.8, 4) is 16.9 Å². The van der Waals surface area contributed by atoms with Gasteiger partial charge in [-0.25, -0.2) is 14.3 Å². The molecule has 168 valence electrons. The highest BCUT2D eigenvalue weighted by Gasteiger charge is 2.25. The average molecular weight is 435 g/mol. The van der Waals surface area contributed by atoms with Gasteiger partial charge in [0.1, 0.15) is 6.33 Å². The Hall–Kier alpha value is -3.13. The van der Waals surface area contributed by atoms with E-state index in [1.807, 2.05) is 16.8 Å². The molecule has 8 heteroatoms. The monoisotopic (exact) mass is 434 g/mol. The van der Waals surface area contributed by atoms with Crippen LogP contribution in [-0.2, 0) is 0 Å². The predicted octanol–water partition coefficient (Wildman–Crippen LogP) is 3.83. The Bertz CT molecular complexity index is 1330. The molecular formula is C24H30N6O2. The van der Waals surface area contributed by atoms with Crippen molar-refractivity contribution in [2.75, 3.05) is 26.7 Å². The third-order valence-electron chi connectivity index (χ3n) is 6.68. The van der Waals surface area contributed by atoms with Crippen molar-refractivity contribution in [2.45, 2.75) is 45.6 Å². The molecule has 1 aliphatic heterocycles. The van der Waals surface area contributed by atoms with Crippen LogP contribution in [0.3, 0.4) is 0 Å². The molecule has 0 radical (unpaired) electrons. The number of ether oxygens (including phenoxy) is 1. The second-order valence-electron chi connectivity index (χ2n) is 8.93. The third kappa shape index (κ3) is 3.39. The molecule has 3 aromatic heterocycles. The second-order valence-corrected chi connectivity index (χ2v) is 8.93. The lowest BCUT2D eigenvalue weighted by Gasteiger charge is -2.32. The lowest BCUT2D eigenvalue weighted by molar-refractivity contribution is 0.185. The van der Waals surface area contributed by atoms with Gasteiger partial charge in [-0.3, -0.25) is 4.57 Å². The van der Waals surface area contributed by atoms with Crippen molar-refractivity contribution in [3.05, 3.63) is 46.8 Å². The minimum absolute atomic E-state index is 0.0286. The lowest BCUT2D eigenvalue weighted by Crippen LogP contribution is -2.39. The van der Waals surface area contributed by atoms with Crippen molar-refractivity contribution in [2.24, 2.45) is 0 Å². The zero-order valence-corrected chi connectivity index (χ0v) is 19.1. The highest BCUT2D eigenvalue weighted by molar-refractivity contribution is 5.85. The van der Waals surface area contributed by atoms with Crippen molar-refractivity contribution in [3.63, 3.8) is 0 Å². The highest BCUT2D eigenvalue weighted by atomic mass is 16.5. The van der Waals surface area contributed by atoms with E-state index in [1.54, 1.807) is 11.6 Å². The molecule has 4 heterocycles. The number of piperidine rings is 1. The number of aromatic nitrogens is 5. The number of fused-ring (bicyclic) bond motifs is 2. The van der Waals surface area contributed by atoms with E-state index < -0.39 is 0 Å². The predicted molar refractivity (Wildman–Crippen MR) is 126 cm³/mol. The van der Waals surface area contributed by atoms with E-state index in [1.165, 1.54) is 11.9 Å². The Morgan fingerprint density at radius 3 is 2.88 bits per heavy atom. The van der Waals surface area contributed by atoms with Gasteiger partial charge in [0.05, 0.1) is 24.2 Å². The number of nitrogens with one attached hydrogen (secondary N) is 1. The molecule has 0 aliphatic carbocycles.